The highest BCUT2D eigenvalue weighted by molar-refractivity contribution is 9.10. The van der Waals surface area contributed by atoms with Crippen LogP contribution >= 0.6 is 31.9 Å². The van der Waals surface area contributed by atoms with Crippen molar-refractivity contribution in [1.82, 2.24) is 0 Å². The maximum Gasteiger partial charge on any atom is 0.416 e. The summed E-state index contributed by atoms with van der Waals surface area (Å²) in [5, 5.41) is 0. The third kappa shape index (κ3) is 3.73. The van der Waals surface area contributed by atoms with Crippen LogP contribution in [0.5, 0.6) is 11.5 Å². The Bertz CT molecular complexity index is 579. The van der Waals surface area contributed by atoms with Crippen LogP contribution in [0.15, 0.2) is 51.4 Å². The molecule has 0 saturated heterocycles. The van der Waals surface area contributed by atoms with Crippen molar-refractivity contribution >= 4 is 31.9 Å². The molecular formula is C13H7Br2F3O. The van der Waals surface area contributed by atoms with Crippen molar-refractivity contribution in [2.75, 3.05) is 0 Å². The minimum Gasteiger partial charge on any atom is -0.456 e. The van der Waals surface area contributed by atoms with Crippen LogP contribution in [0.4, 0.5) is 13.2 Å². The summed E-state index contributed by atoms with van der Waals surface area (Å²) in [6, 6.07) is 10.3. The molecule has 0 bridgehead atoms. The van der Waals surface area contributed by atoms with E-state index in [0.717, 1.165) is 16.6 Å². The van der Waals surface area contributed by atoms with Crippen LogP contribution in [0.2, 0.25) is 0 Å². The summed E-state index contributed by atoms with van der Waals surface area (Å²) in [5.74, 6) is 0.874. The van der Waals surface area contributed by atoms with Crippen molar-refractivity contribution in [3.8, 4) is 11.5 Å². The molecule has 0 unspecified atom stereocenters. The number of hydrogen-bond donors (Lipinski definition) is 0. The monoisotopic (exact) mass is 394 g/mol. The third-order valence-electron chi connectivity index (χ3n) is 2.30. The van der Waals surface area contributed by atoms with Gasteiger partial charge in [0, 0.05) is 4.47 Å². The number of ether oxygens (including phenoxy) is 1. The fourth-order valence-corrected chi connectivity index (χ4v) is 2.11. The molecule has 1 nitrogen and oxygen atoms in total. The average Bonchev–Trinajstić information content (AvgIpc) is 2.33. The lowest BCUT2D eigenvalue weighted by Crippen LogP contribution is -2.04. The van der Waals surface area contributed by atoms with Gasteiger partial charge in [-0.05, 0) is 58.4 Å². The minimum absolute atomic E-state index is 0.255. The fourth-order valence-electron chi connectivity index (χ4n) is 1.39. The molecule has 0 spiro atoms. The van der Waals surface area contributed by atoms with Gasteiger partial charge in [0.2, 0.25) is 0 Å². The van der Waals surface area contributed by atoms with E-state index in [1.54, 1.807) is 24.3 Å². The van der Waals surface area contributed by atoms with E-state index in [-0.39, 0.29) is 4.47 Å². The molecule has 2 aromatic rings. The highest BCUT2D eigenvalue weighted by Gasteiger charge is 2.30. The first-order valence-electron chi connectivity index (χ1n) is 5.16. The highest BCUT2D eigenvalue weighted by Crippen LogP contribution is 2.36. The standard InChI is InChI=1S/C13H7Br2F3O/c14-9-2-4-10(5-3-9)19-12-6-1-8(7-11(12)15)13(16,17)18/h1-7H. The van der Waals surface area contributed by atoms with Crippen LogP contribution in [0, 0.1) is 0 Å². The van der Waals surface area contributed by atoms with Gasteiger partial charge in [-0.15, -0.1) is 0 Å². The number of alkyl halides is 3. The van der Waals surface area contributed by atoms with E-state index in [0.29, 0.717) is 11.5 Å². The van der Waals surface area contributed by atoms with Crippen LogP contribution in [0.1, 0.15) is 5.56 Å². The van der Waals surface area contributed by atoms with E-state index < -0.39 is 11.7 Å². The number of benzene rings is 2. The molecule has 0 aliphatic rings. The van der Waals surface area contributed by atoms with E-state index in [9.17, 15) is 13.2 Å². The molecule has 0 aliphatic carbocycles. The molecule has 100 valence electrons. The first kappa shape index (κ1) is 14.4. The molecule has 2 aromatic carbocycles. The number of halogens is 5. The van der Waals surface area contributed by atoms with Crippen LogP contribution in [0.25, 0.3) is 0 Å². The molecule has 2 rings (SSSR count). The summed E-state index contributed by atoms with van der Waals surface area (Å²) in [6.07, 6.45) is -4.36. The lowest BCUT2D eigenvalue weighted by atomic mass is 10.2. The second-order valence-corrected chi connectivity index (χ2v) is 5.47. The molecule has 0 amide bonds. The Balaban J connectivity index is 2.24. The van der Waals surface area contributed by atoms with Gasteiger partial charge in [0.25, 0.3) is 0 Å². The molecular weight excluding hydrogens is 389 g/mol. The Morgan fingerprint density at radius 2 is 1.53 bits per heavy atom. The predicted molar refractivity (Wildman–Crippen MR) is 73.4 cm³/mol. The van der Waals surface area contributed by atoms with Crippen molar-refractivity contribution in [2.24, 2.45) is 0 Å². The summed E-state index contributed by atoms with van der Waals surface area (Å²) in [4.78, 5) is 0. The summed E-state index contributed by atoms with van der Waals surface area (Å²) in [5.41, 5.74) is -0.720. The first-order valence-corrected chi connectivity index (χ1v) is 6.75. The van der Waals surface area contributed by atoms with Crippen molar-refractivity contribution < 1.29 is 17.9 Å². The Kier molecular flexibility index (Phi) is 4.20. The smallest absolute Gasteiger partial charge is 0.416 e. The van der Waals surface area contributed by atoms with Crippen LogP contribution in [0.3, 0.4) is 0 Å². The molecule has 0 aliphatic heterocycles. The highest BCUT2D eigenvalue weighted by atomic mass is 79.9. The quantitative estimate of drug-likeness (QED) is 0.603. The molecule has 6 heteroatoms. The lowest BCUT2D eigenvalue weighted by molar-refractivity contribution is -0.137. The first-order chi connectivity index (χ1) is 8.86. The zero-order valence-electron chi connectivity index (χ0n) is 9.34. The molecule has 0 atom stereocenters. The second-order valence-electron chi connectivity index (χ2n) is 3.70. The van der Waals surface area contributed by atoms with Gasteiger partial charge in [0.1, 0.15) is 11.5 Å². The summed E-state index contributed by atoms with van der Waals surface area (Å²) in [7, 11) is 0. The predicted octanol–water partition coefficient (Wildman–Crippen LogP) is 6.02. The topological polar surface area (TPSA) is 9.23 Å². The second kappa shape index (κ2) is 5.54. The van der Waals surface area contributed by atoms with E-state index in [2.05, 4.69) is 31.9 Å². The SMILES string of the molecule is FC(F)(F)c1ccc(Oc2ccc(Br)cc2)c(Br)c1. The fraction of sp³-hybridized carbons (Fsp3) is 0.0769. The van der Waals surface area contributed by atoms with Gasteiger partial charge >= 0.3 is 6.18 Å². The number of rotatable bonds is 2. The van der Waals surface area contributed by atoms with Gasteiger partial charge in [0.15, 0.2) is 0 Å². The van der Waals surface area contributed by atoms with Gasteiger partial charge in [0.05, 0.1) is 10.0 Å². The Hall–Kier alpha value is -1.01. The van der Waals surface area contributed by atoms with Gasteiger partial charge in [-0.2, -0.15) is 13.2 Å². The zero-order valence-corrected chi connectivity index (χ0v) is 12.5. The maximum atomic E-state index is 12.5. The normalized spacial score (nSPS) is 11.4. The van der Waals surface area contributed by atoms with Gasteiger partial charge in [-0.1, -0.05) is 15.9 Å². The number of hydrogen-bond acceptors (Lipinski definition) is 1. The molecule has 0 saturated carbocycles. The molecule has 0 N–H and O–H groups in total. The summed E-state index contributed by atoms with van der Waals surface area (Å²) < 4.78 is 44.2. The summed E-state index contributed by atoms with van der Waals surface area (Å²) in [6.45, 7) is 0. The largest absolute Gasteiger partial charge is 0.456 e. The third-order valence-corrected chi connectivity index (χ3v) is 3.45. The maximum absolute atomic E-state index is 12.5. The van der Waals surface area contributed by atoms with Gasteiger partial charge < -0.3 is 4.74 Å². The van der Waals surface area contributed by atoms with Gasteiger partial charge in [-0.25, -0.2) is 0 Å². The molecule has 0 heterocycles. The molecule has 19 heavy (non-hydrogen) atoms. The van der Waals surface area contributed by atoms with Crippen molar-refractivity contribution in [3.63, 3.8) is 0 Å². The van der Waals surface area contributed by atoms with E-state index in [1.807, 2.05) is 0 Å². The Morgan fingerprint density at radius 3 is 2.05 bits per heavy atom. The van der Waals surface area contributed by atoms with E-state index >= 15 is 0 Å². The van der Waals surface area contributed by atoms with Crippen LogP contribution in [-0.2, 0) is 6.18 Å². The van der Waals surface area contributed by atoms with Gasteiger partial charge in [-0.3, -0.25) is 0 Å². The minimum atomic E-state index is -4.36. The molecule has 0 fully saturated rings. The molecule has 0 aromatic heterocycles. The lowest BCUT2D eigenvalue weighted by Gasteiger charge is -2.11. The Morgan fingerprint density at radius 1 is 0.895 bits per heavy atom. The zero-order chi connectivity index (χ0) is 14.0. The van der Waals surface area contributed by atoms with E-state index in [1.165, 1.54) is 6.07 Å². The molecule has 0 radical (unpaired) electrons. The summed E-state index contributed by atoms with van der Waals surface area (Å²) >= 11 is 6.36. The average molecular weight is 396 g/mol. The van der Waals surface area contributed by atoms with E-state index in [4.69, 9.17) is 4.74 Å². The van der Waals surface area contributed by atoms with Crippen molar-refractivity contribution in [1.29, 1.82) is 0 Å². The van der Waals surface area contributed by atoms with Crippen LogP contribution in [-0.4, -0.2) is 0 Å². The van der Waals surface area contributed by atoms with Crippen molar-refractivity contribution in [3.05, 3.63) is 57.0 Å². The van der Waals surface area contributed by atoms with Crippen molar-refractivity contribution in [2.45, 2.75) is 6.18 Å². The Labute approximate surface area is 124 Å². The van der Waals surface area contributed by atoms with Crippen LogP contribution < -0.4 is 4.74 Å².